The molecule has 0 fully saturated rings. The van der Waals surface area contributed by atoms with Crippen LogP contribution in [0.2, 0.25) is 0 Å². The zero-order valence-electron chi connectivity index (χ0n) is 15.9. The lowest BCUT2D eigenvalue weighted by Crippen LogP contribution is -2.26. The Kier molecular flexibility index (Phi) is 4.80. The van der Waals surface area contributed by atoms with E-state index in [0.717, 1.165) is 48.6 Å². The van der Waals surface area contributed by atoms with Gasteiger partial charge in [0.2, 0.25) is 5.95 Å². The highest BCUT2D eigenvalue weighted by molar-refractivity contribution is 5.53. The largest absolute Gasteiger partial charge is 0.304 e. The third-order valence-electron chi connectivity index (χ3n) is 5.23. The van der Waals surface area contributed by atoms with Crippen molar-refractivity contribution in [2.45, 2.75) is 31.8 Å². The van der Waals surface area contributed by atoms with Crippen LogP contribution >= 0.6 is 0 Å². The summed E-state index contributed by atoms with van der Waals surface area (Å²) in [5.41, 5.74) is 4.39. The van der Waals surface area contributed by atoms with E-state index in [1.165, 1.54) is 5.56 Å². The minimum absolute atomic E-state index is 0.238. The first-order chi connectivity index (χ1) is 14.4. The molecule has 0 aliphatic heterocycles. The highest BCUT2D eigenvalue weighted by atomic mass is 15.2. The van der Waals surface area contributed by atoms with E-state index in [1.807, 2.05) is 41.2 Å². The topological polar surface area (TPSA) is 81.4 Å². The van der Waals surface area contributed by atoms with Gasteiger partial charge >= 0.3 is 0 Å². The Morgan fingerprint density at radius 2 is 1.93 bits per heavy atom. The van der Waals surface area contributed by atoms with Gasteiger partial charge in [-0.15, -0.1) is 0 Å². The number of aryl methyl sites for hydroxylation is 1. The van der Waals surface area contributed by atoms with E-state index in [0.29, 0.717) is 5.95 Å². The van der Waals surface area contributed by atoms with Crippen molar-refractivity contribution >= 4 is 0 Å². The summed E-state index contributed by atoms with van der Waals surface area (Å²) in [4.78, 5) is 22.3. The predicted molar refractivity (Wildman–Crippen MR) is 109 cm³/mol. The molecule has 0 bridgehead atoms. The van der Waals surface area contributed by atoms with Gasteiger partial charge < -0.3 is 5.32 Å². The van der Waals surface area contributed by atoms with Crippen LogP contribution in [0.1, 0.15) is 35.8 Å². The standard InChI is InChI=1S/C22H21N7/c1-7-19(26-14-17-6-3-12-29(17)22-24-10-4-11-25-22)18-15-27-21(28-20(18)8-1)16-5-2-9-23-13-16/h2-6,9-13,15,19,26H,1,7-8,14H2. The zero-order chi connectivity index (χ0) is 19.5. The van der Waals surface area contributed by atoms with Crippen molar-refractivity contribution in [3.63, 3.8) is 0 Å². The SMILES string of the molecule is c1cnc(-n2cccc2CNC2CCCc3nc(-c4cccnc4)ncc32)nc1. The lowest BCUT2D eigenvalue weighted by atomic mass is 9.92. The van der Waals surface area contributed by atoms with Crippen LogP contribution in [0.3, 0.4) is 0 Å². The Morgan fingerprint density at radius 1 is 1.00 bits per heavy atom. The van der Waals surface area contributed by atoms with Crippen molar-refractivity contribution in [1.82, 2.24) is 34.8 Å². The molecular weight excluding hydrogens is 362 g/mol. The summed E-state index contributed by atoms with van der Waals surface area (Å²) < 4.78 is 2.01. The van der Waals surface area contributed by atoms with E-state index < -0.39 is 0 Å². The first kappa shape index (κ1) is 17.6. The van der Waals surface area contributed by atoms with Crippen LogP contribution in [0, 0.1) is 0 Å². The van der Waals surface area contributed by atoms with Crippen molar-refractivity contribution in [2.75, 3.05) is 0 Å². The normalized spacial score (nSPS) is 15.8. The van der Waals surface area contributed by atoms with Gasteiger partial charge in [0.05, 0.1) is 0 Å². The lowest BCUT2D eigenvalue weighted by molar-refractivity contribution is 0.448. The van der Waals surface area contributed by atoms with Gasteiger partial charge in [0, 0.05) is 72.3 Å². The molecular formula is C22H21N7. The fourth-order valence-electron chi connectivity index (χ4n) is 3.79. The van der Waals surface area contributed by atoms with Gasteiger partial charge in [-0.25, -0.2) is 19.9 Å². The zero-order valence-corrected chi connectivity index (χ0v) is 15.9. The van der Waals surface area contributed by atoms with Gasteiger partial charge in [-0.05, 0) is 49.6 Å². The van der Waals surface area contributed by atoms with Crippen LogP contribution in [0.15, 0.2) is 67.5 Å². The van der Waals surface area contributed by atoms with E-state index in [9.17, 15) is 0 Å². The molecule has 1 aliphatic carbocycles. The Labute approximate surface area is 168 Å². The smallest absolute Gasteiger partial charge is 0.233 e. The van der Waals surface area contributed by atoms with Gasteiger partial charge in [0.15, 0.2) is 5.82 Å². The number of aromatic nitrogens is 6. The molecule has 7 nitrogen and oxygen atoms in total. The quantitative estimate of drug-likeness (QED) is 0.570. The van der Waals surface area contributed by atoms with E-state index in [-0.39, 0.29) is 6.04 Å². The average Bonchev–Trinajstić information content (AvgIpc) is 3.27. The third kappa shape index (κ3) is 3.64. The fourth-order valence-corrected chi connectivity index (χ4v) is 3.79. The maximum absolute atomic E-state index is 4.83. The molecule has 0 aromatic carbocycles. The van der Waals surface area contributed by atoms with Gasteiger partial charge in [0.25, 0.3) is 0 Å². The molecule has 0 spiro atoms. The molecule has 1 aliphatic rings. The van der Waals surface area contributed by atoms with Crippen LogP contribution in [-0.2, 0) is 13.0 Å². The molecule has 1 N–H and O–H groups in total. The monoisotopic (exact) mass is 383 g/mol. The molecule has 4 heterocycles. The van der Waals surface area contributed by atoms with E-state index in [4.69, 9.17) is 4.98 Å². The van der Waals surface area contributed by atoms with Gasteiger partial charge in [-0.1, -0.05) is 0 Å². The summed E-state index contributed by atoms with van der Waals surface area (Å²) in [5, 5.41) is 3.68. The summed E-state index contributed by atoms with van der Waals surface area (Å²) >= 11 is 0. The first-order valence-corrected chi connectivity index (χ1v) is 9.82. The minimum atomic E-state index is 0.238. The molecule has 0 saturated carbocycles. The van der Waals surface area contributed by atoms with E-state index >= 15 is 0 Å². The molecule has 0 amide bonds. The second kappa shape index (κ2) is 7.89. The minimum Gasteiger partial charge on any atom is -0.304 e. The Bertz CT molecular complexity index is 1090. The van der Waals surface area contributed by atoms with Crippen LogP contribution in [0.25, 0.3) is 17.3 Å². The van der Waals surface area contributed by atoms with Gasteiger partial charge in [0.1, 0.15) is 0 Å². The van der Waals surface area contributed by atoms with Gasteiger partial charge in [-0.2, -0.15) is 0 Å². The Balaban J connectivity index is 1.35. The first-order valence-electron chi connectivity index (χ1n) is 9.82. The van der Waals surface area contributed by atoms with Crippen LogP contribution in [0.5, 0.6) is 0 Å². The third-order valence-corrected chi connectivity index (χ3v) is 5.23. The van der Waals surface area contributed by atoms with Crippen molar-refractivity contribution in [2.24, 2.45) is 0 Å². The summed E-state index contributed by atoms with van der Waals surface area (Å²) in [6.07, 6.45) is 14.2. The summed E-state index contributed by atoms with van der Waals surface area (Å²) in [6.45, 7) is 0.722. The van der Waals surface area contributed by atoms with Crippen molar-refractivity contribution < 1.29 is 0 Å². The second-order valence-corrected chi connectivity index (χ2v) is 7.08. The number of nitrogens with zero attached hydrogens (tertiary/aromatic N) is 6. The second-order valence-electron chi connectivity index (χ2n) is 7.08. The van der Waals surface area contributed by atoms with Crippen molar-refractivity contribution in [3.8, 4) is 17.3 Å². The van der Waals surface area contributed by atoms with Crippen LogP contribution in [0.4, 0.5) is 0 Å². The molecule has 7 heteroatoms. The number of pyridine rings is 1. The molecule has 4 aromatic heterocycles. The molecule has 144 valence electrons. The predicted octanol–water partition coefficient (Wildman–Crippen LogP) is 3.29. The van der Waals surface area contributed by atoms with Crippen LogP contribution < -0.4 is 5.32 Å². The molecule has 1 atom stereocenters. The average molecular weight is 383 g/mol. The summed E-state index contributed by atoms with van der Waals surface area (Å²) in [6, 6.07) is 10.1. The number of fused-ring (bicyclic) bond motifs is 1. The summed E-state index contributed by atoms with van der Waals surface area (Å²) in [5.74, 6) is 1.43. The number of nitrogens with one attached hydrogen (secondary N) is 1. The molecule has 4 aromatic rings. The number of hydrogen-bond acceptors (Lipinski definition) is 6. The van der Waals surface area contributed by atoms with E-state index in [1.54, 1.807) is 24.8 Å². The maximum Gasteiger partial charge on any atom is 0.233 e. The Morgan fingerprint density at radius 3 is 2.79 bits per heavy atom. The highest BCUT2D eigenvalue weighted by Gasteiger charge is 2.22. The lowest BCUT2D eigenvalue weighted by Gasteiger charge is -2.26. The molecule has 1 unspecified atom stereocenters. The number of hydrogen-bond donors (Lipinski definition) is 1. The van der Waals surface area contributed by atoms with Gasteiger partial charge in [-0.3, -0.25) is 9.55 Å². The molecule has 5 rings (SSSR count). The maximum atomic E-state index is 4.83. The number of rotatable bonds is 5. The molecule has 0 saturated heterocycles. The van der Waals surface area contributed by atoms with Crippen molar-refractivity contribution in [3.05, 3.63) is 84.5 Å². The fraction of sp³-hybridized carbons (Fsp3) is 0.227. The van der Waals surface area contributed by atoms with E-state index in [2.05, 4.69) is 31.3 Å². The molecule has 0 radical (unpaired) electrons. The Hall–Kier alpha value is -3.45. The summed E-state index contributed by atoms with van der Waals surface area (Å²) in [7, 11) is 0. The van der Waals surface area contributed by atoms with Crippen LogP contribution in [-0.4, -0.2) is 29.5 Å². The van der Waals surface area contributed by atoms with Crippen molar-refractivity contribution in [1.29, 1.82) is 0 Å². The molecule has 29 heavy (non-hydrogen) atoms. The highest BCUT2D eigenvalue weighted by Crippen LogP contribution is 2.29.